The maximum atomic E-state index is 11.1. The van der Waals surface area contributed by atoms with E-state index in [4.69, 9.17) is 0 Å². The number of carbonyl (C=O) groups is 1. The van der Waals surface area contributed by atoms with Crippen LogP contribution in [0.3, 0.4) is 0 Å². The number of carbonyl (C=O) groups excluding carboxylic acids is 1. The normalized spacial score (nSPS) is 11.3. The largest absolute Gasteiger partial charge is 0.376 e. The Labute approximate surface area is 112 Å². The first-order valence-electron chi connectivity index (χ1n) is 6.02. The molecular formula is C17H14O2. The summed E-state index contributed by atoms with van der Waals surface area (Å²) in [6.07, 6.45) is -0.846. The van der Waals surface area contributed by atoms with Crippen LogP contribution in [0, 0.1) is 11.8 Å². The second kappa shape index (κ2) is 5.99. The lowest BCUT2D eigenvalue weighted by Gasteiger charge is -2.04. The minimum Gasteiger partial charge on any atom is -0.376 e. The number of ketones is 1. The fourth-order valence-corrected chi connectivity index (χ4v) is 1.66. The van der Waals surface area contributed by atoms with Crippen molar-refractivity contribution in [3.8, 4) is 11.8 Å². The molecule has 0 saturated carbocycles. The van der Waals surface area contributed by atoms with Crippen LogP contribution in [0.15, 0.2) is 54.6 Å². The third kappa shape index (κ3) is 3.54. The molecule has 2 heteroatoms. The fourth-order valence-electron chi connectivity index (χ4n) is 1.66. The number of aliphatic hydroxyl groups is 1. The Hall–Kier alpha value is -2.37. The van der Waals surface area contributed by atoms with Crippen molar-refractivity contribution in [3.63, 3.8) is 0 Å². The number of aliphatic hydroxyl groups excluding tert-OH is 1. The molecule has 0 aromatic heterocycles. The van der Waals surface area contributed by atoms with Gasteiger partial charge in [-0.05, 0) is 24.6 Å². The van der Waals surface area contributed by atoms with E-state index >= 15 is 0 Å². The summed E-state index contributed by atoms with van der Waals surface area (Å²) in [6, 6.07) is 16.3. The Kier molecular flexibility index (Phi) is 4.12. The summed E-state index contributed by atoms with van der Waals surface area (Å²) in [6.45, 7) is 1.51. The van der Waals surface area contributed by atoms with Crippen LogP contribution in [0.25, 0.3) is 0 Å². The average molecular weight is 250 g/mol. The zero-order chi connectivity index (χ0) is 13.7. The van der Waals surface area contributed by atoms with Crippen LogP contribution < -0.4 is 0 Å². The molecule has 0 aliphatic carbocycles. The summed E-state index contributed by atoms with van der Waals surface area (Å²) in [4.78, 5) is 11.1. The van der Waals surface area contributed by atoms with E-state index in [0.29, 0.717) is 11.1 Å². The van der Waals surface area contributed by atoms with Crippen LogP contribution in [0.1, 0.15) is 34.5 Å². The van der Waals surface area contributed by atoms with Crippen LogP contribution >= 0.6 is 0 Å². The van der Waals surface area contributed by atoms with Gasteiger partial charge in [-0.1, -0.05) is 54.3 Å². The predicted octanol–water partition coefficient (Wildman–Crippen LogP) is 2.97. The molecule has 2 rings (SSSR count). The van der Waals surface area contributed by atoms with Crippen LogP contribution in [0.2, 0.25) is 0 Å². The van der Waals surface area contributed by atoms with E-state index in [1.165, 1.54) is 6.92 Å². The molecule has 2 nitrogen and oxygen atoms in total. The van der Waals surface area contributed by atoms with Crippen molar-refractivity contribution in [2.75, 3.05) is 0 Å². The van der Waals surface area contributed by atoms with E-state index in [1.54, 1.807) is 24.3 Å². The van der Waals surface area contributed by atoms with Crippen LogP contribution in [0.5, 0.6) is 0 Å². The van der Waals surface area contributed by atoms with Crippen molar-refractivity contribution in [2.45, 2.75) is 13.0 Å². The summed E-state index contributed by atoms with van der Waals surface area (Å²) in [7, 11) is 0. The number of hydrogen-bond acceptors (Lipinski definition) is 2. The first kappa shape index (κ1) is 13.1. The third-order valence-corrected chi connectivity index (χ3v) is 2.76. The van der Waals surface area contributed by atoms with E-state index in [-0.39, 0.29) is 5.78 Å². The lowest BCUT2D eigenvalue weighted by Crippen LogP contribution is -1.96. The summed E-state index contributed by atoms with van der Waals surface area (Å²) < 4.78 is 0. The molecule has 1 N–H and O–H groups in total. The van der Waals surface area contributed by atoms with Gasteiger partial charge in [0, 0.05) is 11.1 Å². The highest BCUT2D eigenvalue weighted by Gasteiger charge is 2.04. The highest BCUT2D eigenvalue weighted by atomic mass is 16.3. The quantitative estimate of drug-likeness (QED) is 0.657. The van der Waals surface area contributed by atoms with Crippen molar-refractivity contribution in [1.82, 2.24) is 0 Å². The van der Waals surface area contributed by atoms with Gasteiger partial charge in [0.25, 0.3) is 0 Å². The molecule has 2 aromatic rings. The Morgan fingerprint density at radius 2 is 1.68 bits per heavy atom. The molecule has 94 valence electrons. The maximum absolute atomic E-state index is 11.1. The van der Waals surface area contributed by atoms with E-state index < -0.39 is 6.10 Å². The number of Topliss-reactive ketones (excluding diaryl/α,β-unsaturated/α-hetero) is 1. The first-order valence-corrected chi connectivity index (χ1v) is 6.02. The van der Waals surface area contributed by atoms with Gasteiger partial charge in [-0.2, -0.15) is 0 Å². The topological polar surface area (TPSA) is 37.3 Å². The van der Waals surface area contributed by atoms with Crippen LogP contribution in [0.4, 0.5) is 0 Å². The molecule has 0 amide bonds. The highest BCUT2D eigenvalue weighted by Crippen LogP contribution is 2.13. The van der Waals surface area contributed by atoms with Crippen molar-refractivity contribution in [1.29, 1.82) is 0 Å². The molecule has 0 bridgehead atoms. The molecule has 0 aliphatic heterocycles. The molecule has 0 aliphatic rings. The Bertz CT molecular complexity index is 616. The molecule has 0 radical (unpaired) electrons. The molecule has 2 aromatic carbocycles. The lowest BCUT2D eigenvalue weighted by atomic mass is 10.1. The molecular weight excluding hydrogens is 236 g/mol. The zero-order valence-corrected chi connectivity index (χ0v) is 10.6. The summed E-state index contributed by atoms with van der Waals surface area (Å²) in [5.74, 6) is 5.71. The Morgan fingerprint density at radius 1 is 1.05 bits per heavy atom. The van der Waals surface area contributed by atoms with Gasteiger partial charge in [0.05, 0.1) is 0 Å². The Morgan fingerprint density at radius 3 is 2.26 bits per heavy atom. The molecule has 0 heterocycles. The van der Waals surface area contributed by atoms with Gasteiger partial charge in [0.2, 0.25) is 0 Å². The average Bonchev–Trinajstić information content (AvgIpc) is 2.46. The van der Waals surface area contributed by atoms with Gasteiger partial charge in [-0.25, -0.2) is 0 Å². The maximum Gasteiger partial charge on any atom is 0.159 e. The summed E-state index contributed by atoms with van der Waals surface area (Å²) >= 11 is 0. The van der Waals surface area contributed by atoms with E-state index in [1.807, 2.05) is 30.3 Å². The minimum atomic E-state index is -0.846. The van der Waals surface area contributed by atoms with E-state index in [9.17, 15) is 9.90 Å². The van der Waals surface area contributed by atoms with Gasteiger partial charge in [-0.3, -0.25) is 4.79 Å². The van der Waals surface area contributed by atoms with Gasteiger partial charge >= 0.3 is 0 Å². The first-order chi connectivity index (χ1) is 9.16. The minimum absolute atomic E-state index is 0.0106. The smallest absolute Gasteiger partial charge is 0.159 e. The molecule has 0 saturated heterocycles. The number of rotatable bonds is 2. The molecule has 19 heavy (non-hydrogen) atoms. The molecule has 0 spiro atoms. The molecule has 1 atom stereocenters. The number of hydrogen-bond donors (Lipinski definition) is 1. The lowest BCUT2D eigenvalue weighted by molar-refractivity contribution is 0.101. The third-order valence-electron chi connectivity index (χ3n) is 2.76. The van der Waals surface area contributed by atoms with Gasteiger partial charge in [-0.15, -0.1) is 0 Å². The van der Waals surface area contributed by atoms with Crippen LogP contribution in [-0.4, -0.2) is 10.9 Å². The predicted molar refractivity (Wildman–Crippen MR) is 74.7 cm³/mol. The zero-order valence-electron chi connectivity index (χ0n) is 10.6. The Balaban J connectivity index is 2.14. The van der Waals surface area contributed by atoms with Crippen molar-refractivity contribution in [2.24, 2.45) is 0 Å². The van der Waals surface area contributed by atoms with Crippen LogP contribution in [-0.2, 0) is 0 Å². The van der Waals surface area contributed by atoms with Gasteiger partial charge in [0.15, 0.2) is 5.78 Å². The van der Waals surface area contributed by atoms with Crippen molar-refractivity contribution >= 4 is 5.78 Å². The van der Waals surface area contributed by atoms with Crippen molar-refractivity contribution in [3.05, 3.63) is 71.3 Å². The van der Waals surface area contributed by atoms with Crippen molar-refractivity contribution < 1.29 is 9.90 Å². The summed E-state index contributed by atoms with van der Waals surface area (Å²) in [5.41, 5.74) is 2.18. The second-order valence-corrected chi connectivity index (χ2v) is 4.22. The fraction of sp³-hybridized carbons (Fsp3) is 0.118. The standard InChI is InChI=1S/C17H14O2/c1-13(18)15-8-10-16(11-9-15)17(19)12-7-14-5-3-2-4-6-14/h2-6,8-11,17,19H,1H3. The van der Waals surface area contributed by atoms with Gasteiger partial charge in [0.1, 0.15) is 6.10 Å². The second-order valence-electron chi connectivity index (χ2n) is 4.22. The number of benzene rings is 2. The van der Waals surface area contributed by atoms with E-state index in [0.717, 1.165) is 5.56 Å². The molecule has 1 unspecified atom stereocenters. The summed E-state index contributed by atoms with van der Waals surface area (Å²) in [5, 5.41) is 9.95. The monoisotopic (exact) mass is 250 g/mol. The SMILES string of the molecule is CC(=O)c1ccc(C(O)C#Cc2ccccc2)cc1. The van der Waals surface area contributed by atoms with E-state index in [2.05, 4.69) is 11.8 Å². The van der Waals surface area contributed by atoms with Gasteiger partial charge < -0.3 is 5.11 Å². The highest BCUT2D eigenvalue weighted by molar-refractivity contribution is 5.94. The molecule has 0 fully saturated rings.